The van der Waals surface area contributed by atoms with Gasteiger partial charge in [-0.15, -0.1) is 0 Å². The van der Waals surface area contributed by atoms with Crippen LogP contribution in [0.5, 0.6) is 5.75 Å². The lowest BCUT2D eigenvalue weighted by Crippen LogP contribution is -2.36. The number of hydrogen-bond donors (Lipinski definition) is 0. The number of anilines is 2. The lowest BCUT2D eigenvalue weighted by molar-refractivity contribution is 0.410. The van der Waals surface area contributed by atoms with E-state index in [1.807, 2.05) is 20.0 Å². The van der Waals surface area contributed by atoms with Gasteiger partial charge in [0.15, 0.2) is 5.75 Å². The summed E-state index contributed by atoms with van der Waals surface area (Å²) in [7, 11) is 3.65. The molecule has 1 fully saturated rings. The Bertz CT molecular complexity index is 632. The van der Waals surface area contributed by atoms with Crippen molar-refractivity contribution < 1.29 is 4.74 Å². The highest BCUT2D eigenvalue weighted by Gasteiger charge is 2.28. The highest BCUT2D eigenvalue weighted by atomic mass is 16.5. The van der Waals surface area contributed by atoms with E-state index in [0.717, 1.165) is 37.1 Å². The Morgan fingerprint density at radius 3 is 2.73 bits per heavy atom. The van der Waals surface area contributed by atoms with Gasteiger partial charge < -0.3 is 14.5 Å². The molecule has 2 aromatic rings. The van der Waals surface area contributed by atoms with Crippen LogP contribution < -0.4 is 14.5 Å². The van der Waals surface area contributed by atoms with Gasteiger partial charge in [-0.1, -0.05) is 0 Å². The van der Waals surface area contributed by atoms with Crippen molar-refractivity contribution in [2.75, 3.05) is 37.0 Å². The van der Waals surface area contributed by atoms with E-state index >= 15 is 0 Å². The molecule has 22 heavy (non-hydrogen) atoms. The molecule has 1 aliphatic heterocycles. The Labute approximate surface area is 130 Å². The molecule has 0 bridgehead atoms. The maximum Gasteiger partial charge on any atom is 0.225 e. The van der Waals surface area contributed by atoms with Crippen LogP contribution >= 0.6 is 0 Å². The van der Waals surface area contributed by atoms with Crippen molar-refractivity contribution in [1.82, 2.24) is 19.9 Å². The second kappa shape index (κ2) is 6.13. The van der Waals surface area contributed by atoms with Crippen LogP contribution in [0.25, 0.3) is 0 Å². The second-order valence-corrected chi connectivity index (χ2v) is 5.42. The Balaban J connectivity index is 1.68. The van der Waals surface area contributed by atoms with E-state index < -0.39 is 0 Å². The number of ether oxygens (including phenoxy) is 1. The summed E-state index contributed by atoms with van der Waals surface area (Å²) in [5, 5.41) is 0. The fraction of sp³-hybridized carbons (Fsp3) is 0.467. The number of hydrogen-bond acceptors (Lipinski definition) is 7. The van der Waals surface area contributed by atoms with E-state index in [-0.39, 0.29) is 0 Å². The first-order valence-electron chi connectivity index (χ1n) is 7.31. The first-order chi connectivity index (χ1) is 10.7. The molecule has 0 amide bonds. The maximum absolute atomic E-state index is 5.09. The average Bonchev–Trinajstić information content (AvgIpc) is 3.04. The monoisotopic (exact) mass is 300 g/mol. The molecule has 0 saturated carbocycles. The molecule has 0 aliphatic carbocycles. The number of likely N-dealkylation sites (N-methyl/N-ethyl adjacent to an activating group) is 1. The molecule has 116 valence electrons. The molecule has 7 heteroatoms. The fourth-order valence-corrected chi connectivity index (χ4v) is 2.59. The molecule has 1 atom stereocenters. The molecule has 0 spiro atoms. The quantitative estimate of drug-likeness (QED) is 0.843. The summed E-state index contributed by atoms with van der Waals surface area (Å²) in [5.41, 5.74) is 0.977. The van der Waals surface area contributed by atoms with Gasteiger partial charge in [0.05, 0.1) is 25.5 Å². The smallest absolute Gasteiger partial charge is 0.225 e. The van der Waals surface area contributed by atoms with Gasteiger partial charge in [0.1, 0.15) is 0 Å². The highest BCUT2D eigenvalue weighted by Crippen LogP contribution is 2.22. The number of aromatic nitrogens is 4. The lowest BCUT2D eigenvalue weighted by Gasteiger charge is -2.24. The number of aryl methyl sites for hydroxylation is 1. The molecule has 1 aliphatic rings. The minimum absolute atomic E-state index is 0.354. The lowest BCUT2D eigenvalue weighted by atomic mass is 10.2. The predicted molar refractivity (Wildman–Crippen MR) is 84.4 cm³/mol. The van der Waals surface area contributed by atoms with Gasteiger partial charge in [0, 0.05) is 32.0 Å². The minimum atomic E-state index is 0.354. The number of nitrogens with zero attached hydrogens (tertiary/aromatic N) is 6. The number of methoxy groups -OCH3 is 1. The van der Waals surface area contributed by atoms with Crippen LogP contribution in [-0.4, -0.2) is 53.2 Å². The third kappa shape index (κ3) is 2.93. The van der Waals surface area contributed by atoms with E-state index in [4.69, 9.17) is 4.74 Å². The molecule has 0 aromatic carbocycles. The summed E-state index contributed by atoms with van der Waals surface area (Å²) in [4.78, 5) is 21.9. The largest absolute Gasteiger partial charge is 0.494 e. The first kappa shape index (κ1) is 14.5. The molecule has 1 saturated heterocycles. The number of rotatable bonds is 4. The van der Waals surface area contributed by atoms with Crippen molar-refractivity contribution >= 4 is 11.9 Å². The summed E-state index contributed by atoms with van der Waals surface area (Å²) < 4.78 is 5.09. The summed E-state index contributed by atoms with van der Waals surface area (Å²) >= 11 is 0. The Morgan fingerprint density at radius 1 is 1.27 bits per heavy atom. The van der Waals surface area contributed by atoms with Crippen molar-refractivity contribution in [3.63, 3.8) is 0 Å². The Hall–Kier alpha value is -2.44. The van der Waals surface area contributed by atoms with Crippen molar-refractivity contribution in [3.8, 4) is 5.75 Å². The van der Waals surface area contributed by atoms with E-state index in [1.165, 1.54) is 0 Å². The van der Waals surface area contributed by atoms with Crippen LogP contribution in [0.15, 0.2) is 24.7 Å². The SMILES string of the molecule is COc1cnc(N2CCC(N(C)c3nccc(C)n3)C2)nc1. The molecule has 7 nitrogen and oxygen atoms in total. The van der Waals surface area contributed by atoms with Crippen molar-refractivity contribution in [2.24, 2.45) is 0 Å². The molecule has 3 heterocycles. The third-order valence-electron chi connectivity index (χ3n) is 3.94. The van der Waals surface area contributed by atoms with Crippen LogP contribution in [0.1, 0.15) is 12.1 Å². The maximum atomic E-state index is 5.09. The van der Waals surface area contributed by atoms with Gasteiger partial charge in [-0.05, 0) is 19.4 Å². The molecule has 1 unspecified atom stereocenters. The van der Waals surface area contributed by atoms with Crippen LogP contribution in [0.2, 0.25) is 0 Å². The second-order valence-electron chi connectivity index (χ2n) is 5.42. The standard InChI is InChI=1S/C15H20N6O/c1-11-4-6-16-15(19-11)20(2)12-5-7-21(10-12)14-17-8-13(22-3)9-18-14/h4,6,8-9,12H,5,7,10H2,1-3H3. The van der Waals surface area contributed by atoms with Crippen LogP contribution in [-0.2, 0) is 0 Å². The van der Waals surface area contributed by atoms with E-state index in [9.17, 15) is 0 Å². The third-order valence-corrected chi connectivity index (χ3v) is 3.94. The van der Waals surface area contributed by atoms with E-state index in [0.29, 0.717) is 11.8 Å². The van der Waals surface area contributed by atoms with Crippen molar-refractivity contribution in [3.05, 3.63) is 30.4 Å². The minimum Gasteiger partial charge on any atom is -0.494 e. The zero-order valence-corrected chi connectivity index (χ0v) is 13.1. The van der Waals surface area contributed by atoms with Crippen molar-refractivity contribution in [2.45, 2.75) is 19.4 Å². The van der Waals surface area contributed by atoms with Gasteiger partial charge in [-0.25, -0.2) is 19.9 Å². The predicted octanol–water partition coefficient (Wildman–Crippen LogP) is 1.30. The molecular weight excluding hydrogens is 280 g/mol. The summed E-state index contributed by atoms with van der Waals surface area (Å²) in [6.45, 7) is 3.76. The topological polar surface area (TPSA) is 67.3 Å². The van der Waals surface area contributed by atoms with Gasteiger partial charge >= 0.3 is 0 Å². The van der Waals surface area contributed by atoms with Crippen LogP contribution in [0, 0.1) is 6.92 Å². The van der Waals surface area contributed by atoms with E-state index in [1.54, 1.807) is 25.7 Å². The molecule has 3 rings (SSSR count). The highest BCUT2D eigenvalue weighted by molar-refractivity contribution is 5.38. The van der Waals surface area contributed by atoms with Gasteiger partial charge in [0.25, 0.3) is 0 Å². The molecular formula is C15H20N6O. The molecule has 2 aromatic heterocycles. The summed E-state index contributed by atoms with van der Waals surface area (Å²) in [6, 6.07) is 2.26. The zero-order valence-electron chi connectivity index (χ0n) is 13.1. The average molecular weight is 300 g/mol. The van der Waals surface area contributed by atoms with E-state index in [2.05, 4.69) is 29.7 Å². The van der Waals surface area contributed by atoms with Crippen LogP contribution in [0.4, 0.5) is 11.9 Å². The van der Waals surface area contributed by atoms with Gasteiger partial charge in [-0.2, -0.15) is 0 Å². The van der Waals surface area contributed by atoms with Gasteiger partial charge in [-0.3, -0.25) is 0 Å². The fourth-order valence-electron chi connectivity index (χ4n) is 2.59. The zero-order chi connectivity index (χ0) is 15.5. The summed E-state index contributed by atoms with van der Waals surface area (Å²) in [6.07, 6.45) is 6.22. The van der Waals surface area contributed by atoms with Crippen LogP contribution in [0.3, 0.4) is 0 Å². The van der Waals surface area contributed by atoms with Gasteiger partial charge in [0.2, 0.25) is 11.9 Å². The van der Waals surface area contributed by atoms with Crippen molar-refractivity contribution in [1.29, 1.82) is 0 Å². The normalized spacial score (nSPS) is 17.6. The Morgan fingerprint density at radius 2 is 2.05 bits per heavy atom. The Kier molecular flexibility index (Phi) is 4.04. The summed E-state index contributed by atoms with van der Waals surface area (Å²) in [5.74, 6) is 2.18. The molecule has 0 radical (unpaired) electrons. The molecule has 0 N–H and O–H groups in total. The first-order valence-corrected chi connectivity index (χ1v) is 7.31.